The SMILES string of the molecule is Cc1noc(C)c1CN(C)C(=O)c1cscn1. The largest absolute Gasteiger partial charge is 0.361 e. The predicted molar refractivity (Wildman–Crippen MR) is 63.9 cm³/mol. The Morgan fingerprint density at radius 2 is 2.29 bits per heavy atom. The molecule has 0 bridgehead atoms. The molecule has 1 amide bonds. The summed E-state index contributed by atoms with van der Waals surface area (Å²) in [6, 6.07) is 0. The van der Waals surface area contributed by atoms with E-state index in [1.165, 1.54) is 11.3 Å². The maximum absolute atomic E-state index is 12.0. The number of rotatable bonds is 3. The first-order valence-corrected chi connectivity index (χ1v) is 6.09. The Morgan fingerprint density at radius 1 is 1.53 bits per heavy atom. The van der Waals surface area contributed by atoms with Gasteiger partial charge in [-0.25, -0.2) is 4.98 Å². The standard InChI is InChI=1S/C11H13N3O2S/c1-7-9(8(2)16-13-7)4-14(3)11(15)10-5-17-6-12-10/h5-6H,4H2,1-3H3. The number of amides is 1. The van der Waals surface area contributed by atoms with Gasteiger partial charge in [-0.2, -0.15) is 0 Å². The molecule has 90 valence electrons. The molecule has 0 saturated carbocycles. The molecule has 0 aromatic carbocycles. The Labute approximate surface area is 103 Å². The van der Waals surface area contributed by atoms with E-state index in [4.69, 9.17) is 4.52 Å². The Kier molecular flexibility index (Phi) is 3.23. The fourth-order valence-corrected chi connectivity index (χ4v) is 2.08. The second-order valence-electron chi connectivity index (χ2n) is 3.84. The lowest BCUT2D eigenvalue weighted by molar-refractivity contribution is 0.0779. The topological polar surface area (TPSA) is 59.2 Å². The minimum Gasteiger partial charge on any atom is -0.361 e. The number of hydrogen-bond acceptors (Lipinski definition) is 5. The van der Waals surface area contributed by atoms with Gasteiger partial charge in [-0.05, 0) is 13.8 Å². The maximum atomic E-state index is 12.0. The number of aromatic nitrogens is 2. The van der Waals surface area contributed by atoms with Crippen LogP contribution in [-0.2, 0) is 6.54 Å². The van der Waals surface area contributed by atoms with E-state index >= 15 is 0 Å². The zero-order valence-electron chi connectivity index (χ0n) is 9.93. The van der Waals surface area contributed by atoms with E-state index in [-0.39, 0.29) is 5.91 Å². The van der Waals surface area contributed by atoms with E-state index < -0.39 is 0 Å². The van der Waals surface area contributed by atoms with Crippen molar-refractivity contribution in [1.82, 2.24) is 15.0 Å². The van der Waals surface area contributed by atoms with Crippen molar-refractivity contribution >= 4 is 17.2 Å². The summed E-state index contributed by atoms with van der Waals surface area (Å²) in [5.74, 6) is 0.659. The van der Waals surface area contributed by atoms with E-state index in [0.29, 0.717) is 12.2 Å². The first kappa shape index (κ1) is 11.8. The van der Waals surface area contributed by atoms with Gasteiger partial charge >= 0.3 is 0 Å². The Hall–Kier alpha value is -1.69. The predicted octanol–water partition coefficient (Wildman–Crippen LogP) is 2.02. The molecule has 2 aromatic heterocycles. The summed E-state index contributed by atoms with van der Waals surface area (Å²) in [4.78, 5) is 17.6. The third kappa shape index (κ3) is 2.36. The number of carbonyl (C=O) groups excluding carboxylic acids is 1. The average molecular weight is 251 g/mol. The zero-order valence-corrected chi connectivity index (χ0v) is 10.7. The van der Waals surface area contributed by atoms with Gasteiger partial charge in [0.15, 0.2) is 0 Å². The van der Waals surface area contributed by atoms with Crippen LogP contribution in [0.4, 0.5) is 0 Å². The van der Waals surface area contributed by atoms with Gasteiger partial charge in [-0.15, -0.1) is 11.3 Å². The zero-order chi connectivity index (χ0) is 12.4. The minimum atomic E-state index is -0.0914. The van der Waals surface area contributed by atoms with Crippen LogP contribution in [0, 0.1) is 13.8 Å². The second kappa shape index (κ2) is 4.67. The highest BCUT2D eigenvalue weighted by molar-refractivity contribution is 7.07. The summed E-state index contributed by atoms with van der Waals surface area (Å²) in [6.45, 7) is 4.20. The van der Waals surface area contributed by atoms with Crippen LogP contribution in [0.2, 0.25) is 0 Å². The second-order valence-corrected chi connectivity index (χ2v) is 4.56. The van der Waals surface area contributed by atoms with Gasteiger partial charge in [0.25, 0.3) is 5.91 Å². The highest BCUT2D eigenvalue weighted by Crippen LogP contribution is 2.15. The molecule has 0 aliphatic heterocycles. The Balaban J connectivity index is 2.12. The lowest BCUT2D eigenvalue weighted by atomic mass is 10.2. The van der Waals surface area contributed by atoms with Gasteiger partial charge in [0.1, 0.15) is 11.5 Å². The number of thiazole rings is 1. The van der Waals surface area contributed by atoms with Crippen LogP contribution < -0.4 is 0 Å². The molecule has 0 aliphatic carbocycles. The molecule has 0 aliphatic rings. The number of nitrogens with zero attached hydrogens (tertiary/aromatic N) is 3. The molecule has 2 heterocycles. The van der Waals surface area contributed by atoms with E-state index in [1.54, 1.807) is 22.8 Å². The molecule has 0 radical (unpaired) electrons. The van der Waals surface area contributed by atoms with Crippen LogP contribution in [0.25, 0.3) is 0 Å². The normalized spacial score (nSPS) is 10.5. The van der Waals surface area contributed by atoms with E-state index in [2.05, 4.69) is 10.1 Å². The summed E-state index contributed by atoms with van der Waals surface area (Å²) < 4.78 is 5.07. The fraction of sp³-hybridized carbons (Fsp3) is 0.364. The van der Waals surface area contributed by atoms with Crippen LogP contribution in [0.1, 0.15) is 27.5 Å². The molecule has 0 unspecified atom stereocenters. The molecule has 0 spiro atoms. The van der Waals surface area contributed by atoms with Gasteiger partial charge in [0.2, 0.25) is 0 Å². The Bertz CT molecular complexity index is 499. The molecule has 0 saturated heterocycles. The van der Waals surface area contributed by atoms with Crippen molar-refractivity contribution in [1.29, 1.82) is 0 Å². The lowest BCUT2D eigenvalue weighted by Crippen LogP contribution is -2.26. The van der Waals surface area contributed by atoms with Crippen molar-refractivity contribution in [3.8, 4) is 0 Å². The van der Waals surface area contributed by atoms with Crippen LogP contribution in [0.15, 0.2) is 15.4 Å². The van der Waals surface area contributed by atoms with Crippen molar-refractivity contribution in [2.75, 3.05) is 7.05 Å². The third-order valence-electron chi connectivity index (χ3n) is 2.57. The number of aryl methyl sites for hydroxylation is 2. The highest BCUT2D eigenvalue weighted by atomic mass is 32.1. The number of hydrogen-bond donors (Lipinski definition) is 0. The summed E-state index contributed by atoms with van der Waals surface area (Å²) in [5.41, 5.74) is 3.90. The van der Waals surface area contributed by atoms with Crippen molar-refractivity contribution in [2.45, 2.75) is 20.4 Å². The van der Waals surface area contributed by atoms with Gasteiger partial charge in [0.05, 0.1) is 17.7 Å². The summed E-state index contributed by atoms with van der Waals surface area (Å²) >= 11 is 1.41. The van der Waals surface area contributed by atoms with Gasteiger partial charge in [-0.1, -0.05) is 5.16 Å². The van der Waals surface area contributed by atoms with Crippen molar-refractivity contribution in [2.24, 2.45) is 0 Å². The first-order chi connectivity index (χ1) is 8.09. The minimum absolute atomic E-state index is 0.0914. The summed E-state index contributed by atoms with van der Waals surface area (Å²) in [7, 11) is 1.74. The molecular weight excluding hydrogens is 238 g/mol. The van der Waals surface area contributed by atoms with E-state index in [0.717, 1.165) is 17.0 Å². The van der Waals surface area contributed by atoms with Crippen molar-refractivity contribution in [3.63, 3.8) is 0 Å². The quantitative estimate of drug-likeness (QED) is 0.837. The van der Waals surface area contributed by atoms with E-state index in [1.807, 2.05) is 13.8 Å². The average Bonchev–Trinajstić information content (AvgIpc) is 2.93. The lowest BCUT2D eigenvalue weighted by Gasteiger charge is -2.15. The van der Waals surface area contributed by atoms with Gasteiger partial charge in [-0.3, -0.25) is 4.79 Å². The first-order valence-electron chi connectivity index (χ1n) is 5.15. The molecule has 2 rings (SSSR count). The van der Waals surface area contributed by atoms with E-state index in [9.17, 15) is 4.79 Å². The summed E-state index contributed by atoms with van der Waals surface area (Å²) in [6.07, 6.45) is 0. The summed E-state index contributed by atoms with van der Waals surface area (Å²) in [5, 5.41) is 5.61. The monoisotopic (exact) mass is 251 g/mol. The maximum Gasteiger partial charge on any atom is 0.273 e. The van der Waals surface area contributed by atoms with Crippen molar-refractivity contribution < 1.29 is 9.32 Å². The molecule has 2 aromatic rings. The fourth-order valence-electron chi connectivity index (χ4n) is 1.55. The van der Waals surface area contributed by atoms with Crippen LogP contribution in [-0.4, -0.2) is 28.0 Å². The van der Waals surface area contributed by atoms with Crippen LogP contribution >= 0.6 is 11.3 Å². The molecule has 0 atom stereocenters. The molecule has 17 heavy (non-hydrogen) atoms. The Morgan fingerprint density at radius 3 is 2.82 bits per heavy atom. The molecule has 6 heteroatoms. The van der Waals surface area contributed by atoms with Gasteiger partial charge < -0.3 is 9.42 Å². The molecular formula is C11H13N3O2S. The van der Waals surface area contributed by atoms with Gasteiger partial charge in [0, 0.05) is 18.0 Å². The van der Waals surface area contributed by atoms with Crippen molar-refractivity contribution in [3.05, 3.63) is 33.6 Å². The number of carbonyl (C=O) groups is 1. The van der Waals surface area contributed by atoms with Crippen LogP contribution in [0.3, 0.4) is 0 Å². The smallest absolute Gasteiger partial charge is 0.273 e. The molecule has 0 fully saturated rings. The highest BCUT2D eigenvalue weighted by Gasteiger charge is 2.17. The third-order valence-corrected chi connectivity index (χ3v) is 3.16. The molecule has 0 N–H and O–H groups in total. The van der Waals surface area contributed by atoms with Crippen LogP contribution in [0.5, 0.6) is 0 Å². The molecule has 5 nitrogen and oxygen atoms in total.